The molecular weight excluding hydrogens is 206 g/mol. The summed E-state index contributed by atoms with van der Waals surface area (Å²) in [5, 5.41) is 8.38. The average Bonchev–Trinajstić information content (AvgIpc) is 1.95. The number of nitriles is 1. The number of nitrogen functional groups attached to an aromatic ring is 1. The molecule has 0 aliphatic heterocycles. The van der Waals surface area contributed by atoms with Crippen molar-refractivity contribution in [2.24, 2.45) is 0 Å². The number of rotatable bonds is 1. The van der Waals surface area contributed by atoms with Crippen molar-refractivity contribution in [3.63, 3.8) is 0 Å². The Morgan fingerprint density at radius 3 is 3.00 bits per heavy atom. The highest BCUT2D eigenvalue weighted by molar-refractivity contribution is 9.10. The van der Waals surface area contributed by atoms with Gasteiger partial charge in [0, 0.05) is 10.7 Å². The van der Waals surface area contributed by atoms with Crippen molar-refractivity contribution in [2.75, 3.05) is 5.73 Å². The second kappa shape index (κ2) is 3.35. The van der Waals surface area contributed by atoms with Crippen LogP contribution in [-0.2, 0) is 6.42 Å². The summed E-state index contributed by atoms with van der Waals surface area (Å²) in [6.07, 6.45) is 1.95. The predicted molar refractivity (Wildman–Crippen MR) is 45.7 cm³/mol. The average molecular weight is 212 g/mol. The summed E-state index contributed by atoms with van der Waals surface area (Å²) in [4.78, 5) is 3.86. The maximum atomic E-state index is 8.38. The molecule has 0 bridgehead atoms. The second-order valence-corrected chi connectivity index (χ2v) is 2.89. The first-order valence-corrected chi connectivity index (χ1v) is 3.80. The Balaban J connectivity index is 3.01. The molecule has 1 aromatic heterocycles. The third kappa shape index (κ3) is 1.92. The molecule has 0 unspecified atom stereocenters. The third-order valence-electron chi connectivity index (χ3n) is 1.22. The van der Waals surface area contributed by atoms with E-state index in [2.05, 4.69) is 20.9 Å². The summed E-state index contributed by atoms with van der Waals surface area (Å²) >= 11 is 3.28. The molecule has 4 heteroatoms. The van der Waals surface area contributed by atoms with Crippen LogP contribution in [0.5, 0.6) is 0 Å². The van der Waals surface area contributed by atoms with Crippen LogP contribution >= 0.6 is 15.9 Å². The Morgan fingerprint density at radius 2 is 2.45 bits per heavy atom. The zero-order valence-corrected chi connectivity index (χ0v) is 7.30. The van der Waals surface area contributed by atoms with E-state index in [4.69, 9.17) is 11.0 Å². The lowest BCUT2D eigenvalue weighted by Gasteiger charge is -1.98. The van der Waals surface area contributed by atoms with Gasteiger partial charge in [0.25, 0.3) is 0 Å². The Bertz CT molecular complexity index is 303. The van der Waals surface area contributed by atoms with Crippen LogP contribution in [0, 0.1) is 11.3 Å². The van der Waals surface area contributed by atoms with Crippen molar-refractivity contribution < 1.29 is 0 Å². The van der Waals surface area contributed by atoms with E-state index >= 15 is 0 Å². The van der Waals surface area contributed by atoms with Gasteiger partial charge in [-0.15, -0.1) is 0 Å². The number of nitrogens with two attached hydrogens (primary N) is 1. The Morgan fingerprint density at radius 1 is 1.73 bits per heavy atom. The summed E-state index contributed by atoms with van der Waals surface area (Å²) in [6.45, 7) is 0. The topological polar surface area (TPSA) is 62.7 Å². The highest BCUT2D eigenvalue weighted by Crippen LogP contribution is 2.17. The number of hydrogen-bond donors (Lipinski definition) is 1. The molecule has 0 aliphatic rings. The van der Waals surface area contributed by atoms with Gasteiger partial charge in [0.15, 0.2) is 0 Å². The van der Waals surface area contributed by atoms with Gasteiger partial charge in [-0.25, -0.2) is 4.98 Å². The molecular formula is C7H6BrN3. The molecule has 0 atom stereocenters. The fourth-order valence-electron chi connectivity index (χ4n) is 0.689. The largest absolute Gasteiger partial charge is 0.384 e. The van der Waals surface area contributed by atoms with E-state index in [0.29, 0.717) is 12.2 Å². The quantitative estimate of drug-likeness (QED) is 0.766. The molecule has 1 aromatic rings. The Hall–Kier alpha value is -1.08. The lowest BCUT2D eigenvalue weighted by Crippen LogP contribution is -1.92. The number of hydrogen-bond acceptors (Lipinski definition) is 3. The van der Waals surface area contributed by atoms with E-state index in [-0.39, 0.29) is 0 Å². The minimum absolute atomic E-state index is 0.355. The molecule has 1 rings (SSSR count). The van der Waals surface area contributed by atoms with Crippen LogP contribution in [0.15, 0.2) is 16.7 Å². The van der Waals surface area contributed by atoms with E-state index in [9.17, 15) is 0 Å². The molecule has 0 aromatic carbocycles. The normalized spacial score (nSPS) is 9.09. The molecule has 0 radical (unpaired) electrons. The van der Waals surface area contributed by atoms with Gasteiger partial charge in [-0.1, -0.05) is 15.9 Å². The molecule has 0 saturated heterocycles. The molecule has 0 amide bonds. The van der Waals surface area contributed by atoms with Gasteiger partial charge in [0.1, 0.15) is 5.82 Å². The van der Waals surface area contributed by atoms with Gasteiger partial charge >= 0.3 is 0 Å². The highest BCUT2D eigenvalue weighted by atomic mass is 79.9. The number of anilines is 1. The molecule has 0 fully saturated rings. The summed E-state index contributed by atoms with van der Waals surface area (Å²) < 4.78 is 0.839. The van der Waals surface area contributed by atoms with Crippen LogP contribution in [0.1, 0.15) is 5.56 Å². The third-order valence-corrected chi connectivity index (χ3v) is 1.96. The van der Waals surface area contributed by atoms with Gasteiger partial charge in [-0.05, 0) is 11.6 Å². The van der Waals surface area contributed by atoms with E-state index in [1.807, 2.05) is 6.07 Å². The minimum Gasteiger partial charge on any atom is -0.384 e. The molecule has 0 spiro atoms. The van der Waals surface area contributed by atoms with Crippen LogP contribution in [0.2, 0.25) is 0 Å². The van der Waals surface area contributed by atoms with Crippen LogP contribution < -0.4 is 5.73 Å². The lowest BCUT2D eigenvalue weighted by atomic mass is 10.2. The predicted octanol–water partition coefficient (Wildman–Crippen LogP) is 1.49. The fraction of sp³-hybridized carbons (Fsp3) is 0.143. The first kappa shape index (κ1) is 8.02. The highest BCUT2D eigenvalue weighted by Gasteiger charge is 1.99. The van der Waals surface area contributed by atoms with Gasteiger partial charge in [0.05, 0.1) is 12.5 Å². The van der Waals surface area contributed by atoms with Crippen molar-refractivity contribution >= 4 is 21.7 Å². The molecule has 3 nitrogen and oxygen atoms in total. The van der Waals surface area contributed by atoms with E-state index < -0.39 is 0 Å². The van der Waals surface area contributed by atoms with Crippen LogP contribution in [0.3, 0.4) is 0 Å². The van der Waals surface area contributed by atoms with Gasteiger partial charge in [-0.2, -0.15) is 5.26 Å². The maximum Gasteiger partial charge on any atom is 0.124 e. The number of pyridine rings is 1. The van der Waals surface area contributed by atoms with Gasteiger partial charge in [0.2, 0.25) is 0 Å². The summed E-state index contributed by atoms with van der Waals surface area (Å²) in [7, 11) is 0. The van der Waals surface area contributed by atoms with Crippen LogP contribution in [0.4, 0.5) is 5.82 Å². The Kier molecular flexibility index (Phi) is 2.44. The Labute approximate surface area is 73.0 Å². The monoisotopic (exact) mass is 211 g/mol. The molecule has 0 saturated carbocycles. The van der Waals surface area contributed by atoms with Crippen molar-refractivity contribution in [3.8, 4) is 6.07 Å². The number of halogens is 1. The number of nitrogens with zero attached hydrogens (tertiary/aromatic N) is 2. The van der Waals surface area contributed by atoms with E-state index in [0.717, 1.165) is 10.0 Å². The maximum absolute atomic E-state index is 8.38. The summed E-state index contributed by atoms with van der Waals surface area (Å²) in [5.74, 6) is 0.457. The first-order chi connectivity index (χ1) is 5.24. The van der Waals surface area contributed by atoms with Crippen LogP contribution in [0.25, 0.3) is 0 Å². The number of aromatic nitrogens is 1. The second-order valence-electron chi connectivity index (χ2n) is 2.04. The first-order valence-electron chi connectivity index (χ1n) is 3.01. The molecule has 56 valence electrons. The van der Waals surface area contributed by atoms with Crippen molar-refractivity contribution in [1.82, 2.24) is 4.98 Å². The summed E-state index contributed by atoms with van der Waals surface area (Å²) in [5.41, 5.74) is 6.26. The standard InChI is InChI=1S/C7H6BrN3/c8-6-3-7(10)11-4-5(6)1-2-9/h3-4H,1H2,(H2,10,11). The fourth-order valence-corrected chi connectivity index (χ4v) is 1.17. The molecule has 1 heterocycles. The van der Waals surface area contributed by atoms with Gasteiger partial charge in [-0.3, -0.25) is 0 Å². The SMILES string of the molecule is N#CCc1cnc(N)cc1Br. The molecule has 11 heavy (non-hydrogen) atoms. The van der Waals surface area contributed by atoms with E-state index in [1.54, 1.807) is 12.3 Å². The lowest BCUT2D eigenvalue weighted by molar-refractivity contribution is 1.18. The molecule has 2 N–H and O–H groups in total. The van der Waals surface area contributed by atoms with Gasteiger partial charge < -0.3 is 5.73 Å². The zero-order valence-electron chi connectivity index (χ0n) is 5.71. The molecule has 0 aliphatic carbocycles. The van der Waals surface area contributed by atoms with E-state index in [1.165, 1.54) is 0 Å². The van der Waals surface area contributed by atoms with Crippen molar-refractivity contribution in [1.29, 1.82) is 5.26 Å². The smallest absolute Gasteiger partial charge is 0.124 e. The van der Waals surface area contributed by atoms with Crippen molar-refractivity contribution in [2.45, 2.75) is 6.42 Å². The van der Waals surface area contributed by atoms with Crippen molar-refractivity contribution in [3.05, 3.63) is 22.3 Å². The summed E-state index contributed by atoms with van der Waals surface area (Å²) in [6, 6.07) is 3.72. The van der Waals surface area contributed by atoms with Crippen LogP contribution in [-0.4, -0.2) is 4.98 Å². The zero-order chi connectivity index (χ0) is 8.27. The minimum atomic E-state index is 0.355.